The molecule has 0 N–H and O–H groups in total. The lowest BCUT2D eigenvalue weighted by Gasteiger charge is -2.13. The highest BCUT2D eigenvalue weighted by molar-refractivity contribution is 6.16. The van der Waals surface area contributed by atoms with Gasteiger partial charge in [-0.05, 0) is 29.2 Å². The van der Waals surface area contributed by atoms with Crippen molar-refractivity contribution < 1.29 is 28.7 Å². The number of fused-ring (bicyclic) bond motifs is 1. The number of imidazole rings is 1. The van der Waals surface area contributed by atoms with Gasteiger partial charge in [-0.3, -0.25) is 9.48 Å². The molecule has 37 heavy (non-hydrogen) atoms. The van der Waals surface area contributed by atoms with Crippen LogP contribution in [0.2, 0.25) is 0 Å². The van der Waals surface area contributed by atoms with E-state index in [-0.39, 0.29) is 23.6 Å². The molecule has 0 spiro atoms. The summed E-state index contributed by atoms with van der Waals surface area (Å²) in [5.41, 5.74) is 1.17. The van der Waals surface area contributed by atoms with Gasteiger partial charge in [-0.1, -0.05) is 5.92 Å². The Hall–Kier alpha value is -5.05. The minimum atomic E-state index is -0.535. The van der Waals surface area contributed by atoms with E-state index >= 15 is 0 Å². The molecule has 0 amide bonds. The highest BCUT2D eigenvalue weighted by Crippen LogP contribution is 2.39. The van der Waals surface area contributed by atoms with Crippen molar-refractivity contribution in [1.29, 1.82) is 0 Å². The number of terminal acetylenes is 1. The highest BCUT2D eigenvalue weighted by atomic mass is 16.6. The number of benzene rings is 2. The summed E-state index contributed by atoms with van der Waals surface area (Å²) < 4.78 is 24.4. The van der Waals surface area contributed by atoms with Gasteiger partial charge in [0, 0.05) is 10.9 Å². The van der Waals surface area contributed by atoms with Crippen LogP contribution in [-0.4, -0.2) is 58.5 Å². The molecule has 12 heteroatoms. The third-order valence-electron chi connectivity index (χ3n) is 5.92. The molecule has 4 aromatic rings. The number of aromatic nitrogens is 4. The van der Waals surface area contributed by atoms with Crippen molar-refractivity contribution in [2.75, 3.05) is 28.4 Å². The van der Waals surface area contributed by atoms with Gasteiger partial charge in [0.1, 0.15) is 24.2 Å². The van der Waals surface area contributed by atoms with Crippen LogP contribution in [0.5, 0.6) is 23.0 Å². The Morgan fingerprint density at radius 3 is 2.24 bits per heavy atom. The van der Waals surface area contributed by atoms with Crippen LogP contribution in [0.15, 0.2) is 30.5 Å². The molecule has 0 aliphatic heterocycles. The van der Waals surface area contributed by atoms with Gasteiger partial charge in [0.2, 0.25) is 17.4 Å². The number of hydrogen-bond donors (Lipinski definition) is 0. The molecule has 4 rings (SSSR count). The third kappa shape index (κ3) is 4.16. The summed E-state index contributed by atoms with van der Waals surface area (Å²) in [5.74, 6) is 3.70. The number of carbonyl (C=O) groups excluding carboxylic acids is 1. The Morgan fingerprint density at radius 2 is 1.73 bits per heavy atom. The number of carbonyl (C=O) groups is 1. The fraction of sp³-hybridized carbons (Fsp3) is 0.240. The standard InChI is InChI=1S/C25H23N5O7/c1-7-15-17(34-3)9-8-16-22(24(31)14-10-18(35-4)25(37-6)19(11-14)36-5)27-29(23(15)16)13-20-26-12-21(28(20)2)30(32)33/h1,8-12H,13H2,2-6H3. The van der Waals surface area contributed by atoms with E-state index in [1.807, 2.05) is 0 Å². The van der Waals surface area contributed by atoms with E-state index in [1.54, 1.807) is 12.1 Å². The van der Waals surface area contributed by atoms with Gasteiger partial charge in [0.15, 0.2) is 11.5 Å². The molecule has 190 valence electrons. The molecule has 0 bridgehead atoms. The molecule has 2 heterocycles. The minimum Gasteiger partial charge on any atom is -0.495 e. The molecule has 2 aromatic carbocycles. The molecular formula is C25H23N5O7. The largest absolute Gasteiger partial charge is 0.495 e. The molecule has 0 atom stereocenters. The number of nitrogens with zero attached hydrogens (tertiary/aromatic N) is 5. The zero-order chi connectivity index (χ0) is 26.9. The SMILES string of the molecule is C#Cc1c(OC)ccc2c(C(=O)c3cc(OC)c(OC)c(OC)c3)nn(Cc3ncc([N+](=O)[O-])n3C)c12. The average Bonchev–Trinajstić information content (AvgIpc) is 3.47. The maximum absolute atomic E-state index is 13.8. The quantitative estimate of drug-likeness (QED) is 0.146. The maximum Gasteiger partial charge on any atom is 0.342 e. The Bertz CT molecular complexity index is 1550. The maximum atomic E-state index is 13.8. The minimum absolute atomic E-state index is 0.00518. The molecule has 2 aromatic heterocycles. The molecular weight excluding hydrogens is 482 g/mol. The summed E-state index contributed by atoms with van der Waals surface area (Å²) in [6.45, 7) is 0.00518. The molecule has 0 saturated heterocycles. The number of hydrogen-bond acceptors (Lipinski definition) is 9. The first-order chi connectivity index (χ1) is 17.8. The lowest BCUT2D eigenvalue weighted by molar-refractivity contribution is -0.391. The summed E-state index contributed by atoms with van der Waals surface area (Å²) in [7, 11) is 7.37. The fourth-order valence-corrected chi connectivity index (χ4v) is 4.09. The second-order valence-electron chi connectivity index (χ2n) is 7.78. The van der Waals surface area contributed by atoms with Crippen molar-refractivity contribution in [3.8, 4) is 35.3 Å². The second-order valence-corrected chi connectivity index (χ2v) is 7.78. The zero-order valence-electron chi connectivity index (χ0n) is 20.8. The zero-order valence-corrected chi connectivity index (χ0v) is 20.8. The summed E-state index contributed by atoms with van der Waals surface area (Å²) in [6.07, 6.45) is 6.98. The van der Waals surface area contributed by atoms with Gasteiger partial charge >= 0.3 is 5.82 Å². The lowest BCUT2D eigenvalue weighted by atomic mass is 10.0. The molecule has 0 aliphatic carbocycles. The van der Waals surface area contributed by atoms with E-state index in [2.05, 4.69) is 16.0 Å². The van der Waals surface area contributed by atoms with Crippen molar-refractivity contribution in [2.24, 2.45) is 7.05 Å². The number of nitro groups is 1. The van der Waals surface area contributed by atoms with Crippen LogP contribution in [0.3, 0.4) is 0 Å². The summed E-state index contributed by atoms with van der Waals surface area (Å²) >= 11 is 0. The molecule has 0 radical (unpaired) electrons. The number of ether oxygens (including phenoxy) is 4. The Morgan fingerprint density at radius 1 is 1.08 bits per heavy atom. The number of ketones is 1. The van der Waals surface area contributed by atoms with Gasteiger partial charge < -0.3 is 29.1 Å². The van der Waals surface area contributed by atoms with Gasteiger partial charge in [0.05, 0.1) is 46.6 Å². The van der Waals surface area contributed by atoms with Crippen LogP contribution >= 0.6 is 0 Å². The molecule has 12 nitrogen and oxygen atoms in total. The van der Waals surface area contributed by atoms with E-state index in [0.717, 1.165) is 6.20 Å². The van der Waals surface area contributed by atoms with Gasteiger partial charge in [0.25, 0.3) is 0 Å². The molecule has 0 saturated carbocycles. The average molecular weight is 505 g/mol. The van der Waals surface area contributed by atoms with E-state index < -0.39 is 10.7 Å². The van der Waals surface area contributed by atoms with Gasteiger partial charge in [-0.15, -0.1) is 6.42 Å². The normalized spacial score (nSPS) is 10.7. The number of methoxy groups -OCH3 is 4. The van der Waals surface area contributed by atoms with Crippen LogP contribution in [0, 0.1) is 22.5 Å². The van der Waals surface area contributed by atoms with Crippen LogP contribution in [0.25, 0.3) is 10.9 Å². The molecule has 0 aliphatic rings. The third-order valence-corrected chi connectivity index (χ3v) is 5.92. The van der Waals surface area contributed by atoms with Crippen LogP contribution in [0.1, 0.15) is 27.4 Å². The molecule has 0 unspecified atom stereocenters. The predicted octanol–water partition coefficient (Wildman–Crippen LogP) is 2.97. The first-order valence-corrected chi connectivity index (χ1v) is 10.8. The van der Waals surface area contributed by atoms with Gasteiger partial charge in [-0.25, -0.2) is 9.55 Å². The van der Waals surface area contributed by atoms with E-state index in [1.165, 1.54) is 56.9 Å². The van der Waals surface area contributed by atoms with E-state index in [0.29, 0.717) is 45.3 Å². The Kier molecular flexibility index (Phi) is 6.71. The van der Waals surface area contributed by atoms with E-state index in [4.69, 9.17) is 25.4 Å². The highest BCUT2D eigenvalue weighted by Gasteiger charge is 2.26. The second kappa shape index (κ2) is 9.90. The smallest absolute Gasteiger partial charge is 0.342 e. The summed E-state index contributed by atoms with van der Waals surface area (Å²) in [6, 6.07) is 6.40. The van der Waals surface area contributed by atoms with Crippen molar-refractivity contribution in [1.82, 2.24) is 19.3 Å². The Balaban J connectivity index is 1.93. The van der Waals surface area contributed by atoms with Crippen LogP contribution in [0.4, 0.5) is 5.82 Å². The first kappa shape index (κ1) is 25.1. The van der Waals surface area contributed by atoms with Crippen molar-refractivity contribution >= 4 is 22.5 Å². The van der Waals surface area contributed by atoms with Crippen LogP contribution < -0.4 is 18.9 Å². The summed E-state index contributed by atoms with van der Waals surface area (Å²) in [4.78, 5) is 28.7. The van der Waals surface area contributed by atoms with E-state index in [9.17, 15) is 14.9 Å². The van der Waals surface area contributed by atoms with Crippen molar-refractivity contribution in [2.45, 2.75) is 6.54 Å². The monoisotopic (exact) mass is 505 g/mol. The summed E-state index contributed by atoms with van der Waals surface area (Å²) in [5, 5.41) is 16.3. The van der Waals surface area contributed by atoms with Crippen molar-refractivity contribution in [3.63, 3.8) is 0 Å². The topological polar surface area (TPSA) is 133 Å². The van der Waals surface area contributed by atoms with Crippen LogP contribution in [-0.2, 0) is 13.6 Å². The Labute approximate surface area is 211 Å². The lowest BCUT2D eigenvalue weighted by Crippen LogP contribution is -2.11. The molecule has 0 fully saturated rings. The first-order valence-electron chi connectivity index (χ1n) is 10.8. The fourth-order valence-electron chi connectivity index (χ4n) is 4.09. The predicted molar refractivity (Wildman–Crippen MR) is 133 cm³/mol. The van der Waals surface area contributed by atoms with Gasteiger partial charge in [-0.2, -0.15) is 5.10 Å². The number of rotatable bonds is 9. The van der Waals surface area contributed by atoms with Crippen molar-refractivity contribution in [3.05, 3.63) is 63.2 Å².